The lowest BCUT2D eigenvalue weighted by Gasteiger charge is -1.99. The van der Waals surface area contributed by atoms with Gasteiger partial charge in [-0.3, -0.25) is 4.79 Å². The van der Waals surface area contributed by atoms with Gasteiger partial charge in [-0.1, -0.05) is 42.1 Å². The standard InChI is InChI=1S/C10H12ClNOS/c11-12-7-4-8-14-10(13)9-5-2-1-3-6-9/h1-3,5-6,12H,4,7-8H2. The van der Waals surface area contributed by atoms with Crippen molar-refractivity contribution in [1.29, 1.82) is 0 Å². The molecule has 1 aromatic carbocycles. The molecule has 0 bridgehead atoms. The van der Waals surface area contributed by atoms with Gasteiger partial charge in [-0.15, -0.1) is 0 Å². The minimum absolute atomic E-state index is 0.125. The van der Waals surface area contributed by atoms with Gasteiger partial charge in [0.1, 0.15) is 0 Å². The fourth-order valence-electron chi connectivity index (χ4n) is 0.961. The number of nitrogens with one attached hydrogen (secondary N) is 1. The fourth-order valence-corrected chi connectivity index (χ4v) is 1.87. The largest absolute Gasteiger partial charge is 0.282 e. The van der Waals surface area contributed by atoms with Gasteiger partial charge in [0.15, 0.2) is 0 Å². The van der Waals surface area contributed by atoms with E-state index in [4.69, 9.17) is 11.8 Å². The highest BCUT2D eigenvalue weighted by Crippen LogP contribution is 2.12. The normalized spacial score (nSPS) is 10.1. The molecule has 0 spiro atoms. The molecule has 76 valence electrons. The van der Waals surface area contributed by atoms with Crippen molar-refractivity contribution in [3.8, 4) is 0 Å². The molecular weight excluding hydrogens is 218 g/mol. The zero-order valence-corrected chi connectivity index (χ0v) is 9.27. The van der Waals surface area contributed by atoms with E-state index in [1.54, 1.807) is 0 Å². The lowest BCUT2D eigenvalue weighted by molar-refractivity contribution is 0.108. The van der Waals surface area contributed by atoms with Crippen LogP contribution in [0.3, 0.4) is 0 Å². The molecule has 0 amide bonds. The van der Waals surface area contributed by atoms with E-state index < -0.39 is 0 Å². The summed E-state index contributed by atoms with van der Waals surface area (Å²) in [4.78, 5) is 14.0. The number of benzene rings is 1. The second-order valence-corrected chi connectivity index (χ2v) is 4.07. The van der Waals surface area contributed by atoms with Crippen molar-refractivity contribution >= 4 is 28.7 Å². The fraction of sp³-hybridized carbons (Fsp3) is 0.300. The maximum Gasteiger partial charge on any atom is 0.219 e. The number of thioether (sulfide) groups is 1. The van der Waals surface area contributed by atoms with Crippen molar-refractivity contribution in [2.24, 2.45) is 0 Å². The maximum atomic E-state index is 11.5. The zero-order valence-electron chi connectivity index (χ0n) is 7.70. The van der Waals surface area contributed by atoms with Crippen molar-refractivity contribution in [2.75, 3.05) is 12.3 Å². The van der Waals surface area contributed by atoms with Crippen LogP contribution >= 0.6 is 23.5 Å². The van der Waals surface area contributed by atoms with E-state index in [1.165, 1.54) is 11.8 Å². The third kappa shape index (κ3) is 4.13. The predicted molar refractivity (Wildman–Crippen MR) is 61.7 cm³/mol. The summed E-state index contributed by atoms with van der Waals surface area (Å²) >= 11 is 6.62. The Morgan fingerprint density at radius 3 is 2.71 bits per heavy atom. The molecule has 0 heterocycles. The van der Waals surface area contributed by atoms with Crippen LogP contribution in [0.15, 0.2) is 30.3 Å². The molecule has 0 unspecified atom stereocenters. The van der Waals surface area contributed by atoms with Crippen LogP contribution in [-0.4, -0.2) is 17.4 Å². The SMILES string of the molecule is O=C(SCCCNCl)c1ccccc1. The monoisotopic (exact) mass is 229 g/mol. The average Bonchev–Trinajstić information content (AvgIpc) is 2.25. The second-order valence-electron chi connectivity index (χ2n) is 2.74. The van der Waals surface area contributed by atoms with E-state index >= 15 is 0 Å². The Kier molecular flexibility index (Phi) is 5.68. The van der Waals surface area contributed by atoms with Crippen molar-refractivity contribution in [3.63, 3.8) is 0 Å². The molecule has 0 aromatic heterocycles. The van der Waals surface area contributed by atoms with Crippen LogP contribution in [0.25, 0.3) is 0 Å². The van der Waals surface area contributed by atoms with Crippen molar-refractivity contribution in [2.45, 2.75) is 6.42 Å². The first kappa shape index (κ1) is 11.6. The Labute approximate surface area is 93.1 Å². The Hall–Kier alpha value is -0.510. The highest BCUT2D eigenvalue weighted by molar-refractivity contribution is 8.14. The average molecular weight is 230 g/mol. The van der Waals surface area contributed by atoms with Crippen LogP contribution in [-0.2, 0) is 0 Å². The highest BCUT2D eigenvalue weighted by atomic mass is 35.5. The first-order valence-corrected chi connectivity index (χ1v) is 5.76. The minimum Gasteiger partial charge on any atom is -0.282 e. The Morgan fingerprint density at radius 1 is 1.36 bits per heavy atom. The smallest absolute Gasteiger partial charge is 0.219 e. The van der Waals surface area contributed by atoms with Crippen LogP contribution in [0.2, 0.25) is 0 Å². The van der Waals surface area contributed by atoms with Gasteiger partial charge < -0.3 is 0 Å². The molecule has 0 aliphatic rings. The highest BCUT2D eigenvalue weighted by Gasteiger charge is 2.04. The summed E-state index contributed by atoms with van der Waals surface area (Å²) in [5.41, 5.74) is 0.760. The van der Waals surface area contributed by atoms with Gasteiger partial charge in [-0.25, -0.2) is 4.84 Å². The molecule has 1 aromatic rings. The third-order valence-corrected chi connectivity index (χ3v) is 2.84. The van der Waals surface area contributed by atoms with Crippen LogP contribution < -0.4 is 4.84 Å². The van der Waals surface area contributed by atoms with E-state index in [9.17, 15) is 4.79 Å². The summed E-state index contributed by atoms with van der Waals surface area (Å²) in [6.45, 7) is 0.733. The first-order valence-electron chi connectivity index (χ1n) is 4.40. The molecule has 0 radical (unpaired) electrons. The molecule has 0 aliphatic carbocycles. The Balaban J connectivity index is 2.29. The van der Waals surface area contributed by atoms with Crippen LogP contribution in [0.4, 0.5) is 0 Å². The molecule has 0 fully saturated rings. The summed E-state index contributed by atoms with van der Waals surface area (Å²) < 4.78 is 0. The predicted octanol–water partition coefficient (Wildman–Crippen LogP) is 2.69. The number of hydrogen-bond acceptors (Lipinski definition) is 3. The molecule has 0 saturated carbocycles. The first-order chi connectivity index (χ1) is 6.84. The van der Waals surface area contributed by atoms with Crippen molar-refractivity contribution in [1.82, 2.24) is 4.84 Å². The number of carbonyl (C=O) groups excluding carboxylic acids is 1. The van der Waals surface area contributed by atoms with Crippen LogP contribution in [0.5, 0.6) is 0 Å². The summed E-state index contributed by atoms with van der Waals surface area (Å²) in [5, 5.41) is 0.125. The van der Waals surface area contributed by atoms with E-state index in [-0.39, 0.29) is 5.12 Å². The van der Waals surface area contributed by atoms with Gasteiger partial charge in [0, 0.05) is 17.9 Å². The molecule has 1 N–H and O–H groups in total. The summed E-state index contributed by atoms with van der Waals surface area (Å²) in [7, 11) is 0. The summed E-state index contributed by atoms with van der Waals surface area (Å²) in [6, 6.07) is 9.30. The summed E-state index contributed by atoms with van der Waals surface area (Å²) in [5.74, 6) is 0.799. The number of halogens is 1. The lowest BCUT2D eigenvalue weighted by Crippen LogP contribution is -2.03. The number of rotatable bonds is 5. The number of carbonyl (C=O) groups is 1. The quantitative estimate of drug-likeness (QED) is 0.622. The lowest BCUT2D eigenvalue weighted by atomic mass is 10.2. The van der Waals surface area contributed by atoms with E-state index in [0.717, 1.165) is 24.3 Å². The third-order valence-electron chi connectivity index (χ3n) is 1.66. The van der Waals surface area contributed by atoms with Gasteiger partial charge in [0.25, 0.3) is 0 Å². The van der Waals surface area contributed by atoms with Crippen molar-refractivity contribution < 1.29 is 4.79 Å². The van der Waals surface area contributed by atoms with Crippen LogP contribution in [0, 0.1) is 0 Å². The minimum atomic E-state index is 0.125. The van der Waals surface area contributed by atoms with Gasteiger partial charge in [0.2, 0.25) is 5.12 Å². The second kappa shape index (κ2) is 6.87. The zero-order chi connectivity index (χ0) is 10.2. The van der Waals surface area contributed by atoms with Gasteiger partial charge >= 0.3 is 0 Å². The van der Waals surface area contributed by atoms with Gasteiger partial charge in [-0.2, -0.15) is 0 Å². The van der Waals surface area contributed by atoms with Gasteiger partial charge in [-0.05, 0) is 18.2 Å². The van der Waals surface area contributed by atoms with E-state index in [1.807, 2.05) is 30.3 Å². The molecule has 14 heavy (non-hydrogen) atoms. The Morgan fingerprint density at radius 2 is 2.07 bits per heavy atom. The maximum absolute atomic E-state index is 11.5. The Bertz CT molecular complexity index is 279. The summed E-state index contributed by atoms with van der Waals surface area (Å²) in [6.07, 6.45) is 0.896. The molecule has 0 atom stereocenters. The number of hydrogen-bond donors (Lipinski definition) is 1. The molecule has 0 saturated heterocycles. The van der Waals surface area contributed by atoms with Gasteiger partial charge in [0.05, 0.1) is 0 Å². The molecular formula is C10H12ClNOS. The molecule has 2 nitrogen and oxygen atoms in total. The van der Waals surface area contributed by atoms with E-state index in [2.05, 4.69) is 4.84 Å². The van der Waals surface area contributed by atoms with E-state index in [0.29, 0.717) is 0 Å². The van der Waals surface area contributed by atoms with Crippen LogP contribution in [0.1, 0.15) is 16.8 Å². The molecule has 0 aliphatic heterocycles. The molecule has 4 heteroatoms. The van der Waals surface area contributed by atoms with Crippen molar-refractivity contribution in [3.05, 3.63) is 35.9 Å². The molecule has 1 rings (SSSR count). The topological polar surface area (TPSA) is 29.1 Å².